The van der Waals surface area contributed by atoms with Crippen LogP contribution in [0.25, 0.3) is 0 Å². The van der Waals surface area contributed by atoms with Gasteiger partial charge >= 0.3 is 0 Å². The lowest BCUT2D eigenvalue weighted by Crippen LogP contribution is -2.41. The molecule has 1 aromatic carbocycles. The first kappa shape index (κ1) is 18.4. The quantitative estimate of drug-likeness (QED) is 0.611. The summed E-state index contributed by atoms with van der Waals surface area (Å²) in [5.74, 6) is 3.06. The van der Waals surface area contributed by atoms with E-state index < -0.39 is 0 Å². The third kappa shape index (κ3) is 5.03. The van der Waals surface area contributed by atoms with Crippen molar-refractivity contribution >= 4 is 5.96 Å². The molecule has 2 rings (SSSR count). The molecule has 0 bridgehead atoms. The highest BCUT2D eigenvalue weighted by atomic mass is 16.5. The van der Waals surface area contributed by atoms with Crippen LogP contribution in [0.2, 0.25) is 0 Å². The Labute approximate surface area is 144 Å². The highest BCUT2D eigenvalue weighted by Gasteiger charge is 2.19. The Morgan fingerprint density at radius 2 is 2.21 bits per heavy atom. The van der Waals surface area contributed by atoms with E-state index in [2.05, 4.69) is 24.2 Å². The molecule has 1 saturated heterocycles. The molecule has 1 fully saturated rings. The summed E-state index contributed by atoms with van der Waals surface area (Å²) in [6.45, 7) is 6.14. The van der Waals surface area contributed by atoms with Gasteiger partial charge in [-0.25, -0.2) is 4.99 Å². The van der Waals surface area contributed by atoms with Crippen molar-refractivity contribution in [2.24, 2.45) is 10.9 Å². The van der Waals surface area contributed by atoms with Crippen molar-refractivity contribution in [1.82, 2.24) is 10.2 Å². The molecule has 1 aromatic rings. The first-order valence-electron chi connectivity index (χ1n) is 8.46. The van der Waals surface area contributed by atoms with Crippen LogP contribution in [0, 0.1) is 5.92 Å². The molecule has 6 nitrogen and oxygen atoms in total. The zero-order valence-electron chi connectivity index (χ0n) is 15.2. The largest absolute Gasteiger partial charge is 0.497 e. The topological polar surface area (TPSA) is 55.3 Å². The van der Waals surface area contributed by atoms with Crippen LogP contribution >= 0.6 is 0 Å². The fourth-order valence-electron chi connectivity index (χ4n) is 2.81. The van der Waals surface area contributed by atoms with Crippen LogP contribution in [0.15, 0.2) is 23.2 Å². The summed E-state index contributed by atoms with van der Waals surface area (Å²) in [6.07, 6.45) is 1.12. The lowest BCUT2D eigenvalue weighted by atomic mass is 10.1. The molecule has 0 saturated carbocycles. The number of aliphatic imine (C=N–C) groups is 1. The molecule has 0 aromatic heterocycles. The van der Waals surface area contributed by atoms with Gasteiger partial charge in [0.15, 0.2) is 5.96 Å². The third-order valence-corrected chi connectivity index (χ3v) is 4.15. The predicted octanol–water partition coefficient (Wildman–Crippen LogP) is 2.14. The van der Waals surface area contributed by atoms with E-state index in [0.717, 1.165) is 55.7 Å². The van der Waals surface area contributed by atoms with Crippen molar-refractivity contribution in [1.29, 1.82) is 0 Å². The Balaban J connectivity index is 2.06. The van der Waals surface area contributed by atoms with Crippen molar-refractivity contribution < 1.29 is 14.2 Å². The van der Waals surface area contributed by atoms with Gasteiger partial charge in [-0.1, -0.05) is 0 Å². The standard InChI is InChI=1S/C18H29N3O3/c1-5-19-18(21(2)12-14-8-9-24-13-14)20-11-15-6-7-16(22-3)10-17(15)23-4/h6-7,10,14H,5,8-9,11-13H2,1-4H3,(H,19,20). The number of nitrogens with zero attached hydrogens (tertiary/aromatic N) is 2. The predicted molar refractivity (Wildman–Crippen MR) is 95.9 cm³/mol. The lowest BCUT2D eigenvalue weighted by Gasteiger charge is -2.24. The Hall–Kier alpha value is -1.95. The smallest absolute Gasteiger partial charge is 0.193 e. The number of hydrogen-bond acceptors (Lipinski definition) is 4. The first-order valence-corrected chi connectivity index (χ1v) is 8.46. The number of guanidine groups is 1. The molecule has 0 amide bonds. The van der Waals surface area contributed by atoms with Crippen molar-refractivity contribution in [3.05, 3.63) is 23.8 Å². The first-order chi connectivity index (χ1) is 11.7. The molecule has 24 heavy (non-hydrogen) atoms. The molecule has 0 aliphatic carbocycles. The van der Waals surface area contributed by atoms with E-state index >= 15 is 0 Å². The van der Waals surface area contributed by atoms with Gasteiger partial charge in [-0.2, -0.15) is 0 Å². The van der Waals surface area contributed by atoms with Crippen molar-refractivity contribution in [2.45, 2.75) is 19.9 Å². The van der Waals surface area contributed by atoms with Crippen LogP contribution < -0.4 is 14.8 Å². The molecule has 0 radical (unpaired) electrons. The molecule has 1 aliphatic heterocycles. The molecule has 1 N–H and O–H groups in total. The number of benzene rings is 1. The average molecular weight is 335 g/mol. The van der Waals surface area contributed by atoms with Gasteiger partial charge in [-0.3, -0.25) is 0 Å². The molecule has 134 valence electrons. The van der Waals surface area contributed by atoms with Gasteiger partial charge in [-0.15, -0.1) is 0 Å². The van der Waals surface area contributed by atoms with E-state index in [1.54, 1.807) is 14.2 Å². The second kappa shape index (κ2) is 9.37. The van der Waals surface area contributed by atoms with Crippen LogP contribution in [0.3, 0.4) is 0 Å². The van der Waals surface area contributed by atoms with Gasteiger partial charge in [-0.05, 0) is 25.5 Å². The Morgan fingerprint density at radius 3 is 2.83 bits per heavy atom. The summed E-state index contributed by atoms with van der Waals surface area (Å²) in [7, 11) is 5.39. The van der Waals surface area contributed by atoms with Gasteiger partial charge in [0, 0.05) is 44.3 Å². The monoisotopic (exact) mass is 335 g/mol. The van der Waals surface area contributed by atoms with Crippen LogP contribution in [0.4, 0.5) is 0 Å². The molecule has 1 unspecified atom stereocenters. The number of rotatable bonds is 7. The Bertz CT molecular complexity index is 542. The molecule has 1 atom stereocenters. The van der Waals surface area contributed by atoms with Crippen LogP contribution in [0.1, 0.15) is 18.9 Å². The number of methoxy groups -OCH3 is 2. The molecule has 6 heteroatoms. The van der Waals surface area contributed by atoms with E-state index in [0.29, 0.717) is 12.5 Å². The summed E-state index contributed by atoms with van der Waals surface area (Å²) in [5.41, 5.74) is 1.03. The highest BCUT2D eigenvalue weighted by molar-refractivity contribution is 5.79. The average Bonchev–Trinajstić information content (AvgIpc) is 3.11. The van der Waals surface area contributed by atoms with Gasteiger partial charge in [0.1, 0.15) is 11.5 Å². The molecular formula is C18H29N3O3. The third-order valence-electron chi connectivity index (χ3n) is 4.15. The van der Waals surface area contributed by atoms with Crippen LogP contribution in [-0.2, 0) is 11.3 Å². The van der Waals surface area contributed by atoms with Gasteiger partial charge in [0.05, 0.1) is 27.4 Å². The van der Waals surface area contributed by atoms with E-state index in [1.807, 2.05) is 18.2 Å². The van der Waals surface area contributed by atoms with E-state index in [9.17, 15) is 0 Å². The molecule has 1 aliphatic rings. The lowest BCUT2D eigenvalue weighted by molar-refractivity contribution is 0.181. The SMILES string of the molecule is CCNC(=NCc1ccc(OC)cc1OC)N(C)CC1CCOC1. The summed E-state index contributed by atoms with van der Waals surface area (Å²) in [6, 6.07) is 5.81. The summed E-state index contributed by atoms with van der Waals surface area (Å²) < 4.78 is 16.2. The number of nitrogens with one attached hydrogen (secondary N) is 1. The molecule has 1 heterocycles. The minimum atomic E-state index is 0.557. The van der Waals surface area contributed by atoms with Gasteiger partial charge in [0.2, 0.25) is 0 Å². The van der Waals surface area contributed by atoms with Crippen molar-refractivity contribution in [2.75, 3.05) is 47.6 Å². The number of ether oxygens (including phenoxy) is 3. The van der Waals surface area contributed by atoms with E-state index in [-0.39, 0.29) is 0 Å². The summed E-state index contributed by atoms with van der Waals surface area (Å²) >= 11 is 0. The Morgan fingerprint density at radius 1 is 1.38 bits per heavy atom. The second-order valence-corrected chi connectivity index (χ2v) is 5.96. The molecular weight excluding hydrogens is 306 g/mol. The maximum Gasteiger partial charge on any atom is 0.193 e. The second-order valence-electron chi connectivity index (χ2n) is 5.96. The van der Waals surface area contributed by atoms with Gasteiger partial charge < -0.3 is 24.4 Å². The van der Waals surface area contributed by atoms with E-state index in [1.165, 1.54) is 0 Å². The maximum atomic E-state index is 5.46. The fourth-order valence-corrected chi connectivity index (χ4v) is 2.81. The minimum Gasteiger partial charge on any atom is -0.497 e. The van der Waals surface area contributed by atoms with Crippen molar-refractivity contribution in [3.63, 3.8) is 0 Å². The minimum absolute atomic E-state index is 0.557. The fraction of sp³-hybridized carbons (Fsp3) is 0.611. The summed E-state index contributed by atoms with van der Waals surface area (Å²) in [4.78, 5) is 6.94. The van der Waals surface area contributed by atoms with Gasteiger partial charge in [0.25, 0.3) is 0 Å². The zero-order valence-corrected chi connectivity index (χ0v) is 15.2. The molecule has 0 spiro atoms. The van der Waals surface area contributed by atoms with Crippen molar-refractivity contribution in [3.8, 4) is 11.5 Å². The van der Waals surface area contributed by atoms with Crippen LogP contribution in [-0.4, -0.2) is 58.4 Å². The summed E-state index contributed by atoms with van der Waals surface area (Å²) in [5, 5.41) is 3.36. The Kier molecular flexibility index (Phi) is 7.18. The normalized spacial score (nSPS) is 17.7. The zero-order chi connectivity index (χ0) is 17.4. The van der Waals surface area contributed by atoms with Crippen LogP contribution in [0.5, 0.6) is 11.5 Å². The number of hydrogen-bond donors (Lipinski definition) is 1. The maximum absolute atomic E-state index is 5.46. The van der Waals surface area contributed by atoms with E-state index in [4.69, 9.17) is 19.2 Å². The highest BCUT2D eigenvalue weighted by Crippen LogP contribution is 2.25.